The average molecular weight is 535 g/mol. The number of hydrogen-bond donors (Lipinski definition) is 2. The number of amides is 3. The van der Waals surface area contributed by atoms with E-state index in [2.05, 4.69) is 10.2 Å². The molecule has 2 aromatic carbocycles. The Morgan fingerprint density at radius 1 is 0.974 bits per heavy atom. The number of benzene rings is 2. The van der Waals surface area contributed by atoms with E-state index in [-0.39, 0.29) is 24.3 Å². The highest BCUT2D eigenvalue weighted by atomic mass is 16.5. The fourth-order valence-electron chi connectivity index (χ4n) is 5.43. The molecule has 2 aliphatic rings. The number of rotatable bonds is 13. The lowest BCUT2D eigenvalue weighted by molar-refractivity contribution is -0.137. The molecule has 2 saturated heterocycles. The summed E-state index contributed by atoms with van der Waals surface area (Å²) in [6, 6.07) is 17.2. The smallest absolute Gasteiger partial charge is 0.245 e. The Hall–Kier alpha value is -3.39. The minimum Gasteiger partial charge on any atom is -0.489 e. The maximum atomic E-state index is 13.8. The number of hydrogen-bond acceptors (Lipinski definition) is 5. The molecule has 0 aliphatic carbocycles. The minimum atomic E-state index is -0.670. The summed E-state index contributed by atoms with van der Waals surface area (Å²) in [6.45, 7) is 6.00. The van der Waals surface area contributed by atoms with Gasteiger partial charge >= 0.3 is 0 Å². The van der Waals surface area contributed by atoms with Crippen LogP contribution in [0.15, 0.2) is 54.6 Å². The SMILES string of the molecule is C[C@@H](CCC(=O)N[C@@H](Cc1ccc(OCc2ccccc2)cc1)C(=O)N1CCC[C@H]1CN1CCCC1)C(N)=O. The van der Waals surface area contributed by atoms with Crippen molar-refractivity contribution in [3.8, 4) is 5.75 Å². The molecule has 3 N–H and O–H groups in total. The predicted octanol–water partition coefficient (Wildman–Crippen LogP) is 3.28. The van der Waals surface area contributed by atoms with Crippen LogP contribution in [0.4, 0.5) is 0 Å². The number of nitrogens with zero attached hydrogens (tertiary/aromatic N) is 2. The minimum absolute atomic E-state index is 0.0302. The van der Waals surface area contributed by atoms with Gasteiger partial charge in [0, 0.05) is 37.9 Å². The summed E-state index contributed by atoms with van der Waals surface area (Å²) < 4.78 is 5.91. The topological polar surface area (TPSA) is 105 Å². The van der Waals surface area contributed by atoms with Crippen LogP contribution in [-0.2, 0) is 27.4 Å². The van der Waals surface area contributed by atoms with Gasteiger partial charge in [-0.15, -0.1) is 0 Å². The zero-order valence-electron chi connectivity index (χ0n) is 23.0. The second-order valence-corrected chi connectivity index (χ2v) is 10.9. The first-order chi connectivity index (χ1) is 18.9. The Labute approximate surface area is 231 Å². The third-order valence-electron chi connectivity index (χ3n) is 7.86. The first-order valence-electron chi connectivity index (χ1n) is 14.3. The van der Waals surface area contributed by atoms with Crippen LogP contribution in [0.25, 0.3) is 0 Å². The van der Waals surface area contributed by atoms with Gasteiger partial charge in [0.1, 0.15) is 18.4 Å². The van der Waals surface area contributed by atoms with Crippen LogP contribution >= 0.6 is 0 Å². The molecule has 3 amide bonds. The third kappa shape index (κ3) is 8.55. The molecule has 3 atom stereocenters. The number of carbonyl (C=O) groups excluding carboxylic acids is 3. The van der Waals surface area contributed by atoms with Crippen molar-refractivity contribution in [2.75, 3.05) is 26.2 Å². The zero-order chi connectivity index (χ0) is 27.6. The van der Waals surface area contributed by atoms with E-state index in [1.165, 1.54) is 12.8 Å². The number of primary amides is 1. The van der Waals surface area contributed by atoms with Gasteiger partial charge in [0.15, 0.2) is 0 Å². The monoisotopic (exact) mass is 534 g/mol. The fourth-order valence-corrected chi connectivity index (χ4v) is 5.43. The molecule has 0 saturated carbocycles. The van der Waals surface area contributed by atoms with Crippen molar-refractivity contribution in [1.82, 2.24) is 15.1 Å². The fraction of sp³-hybridized carbons (Fsp3) is 0.516. The summed E-state index contributed by atoms with van der Waals surface area (Å²) >= 11 is 0. The number of ether oxygens (including phenoxy) is 1. The molecule has 4 rings (SSSR count). The summed E-state index contributed by atoms with van der Waals surface area (Å²) in [5.41, 5.74) is 7.40. The quantitative estimate of drug-likeness (QED) is 0.410. The van der Waals surface area contributed by atoms with Gasteiger partial charge in [0.25, 0.3) is 0 Å². The first kappa shape index (κ1) is 28.6. The molecule has 39 heavy (non-hydrogen) atoms. The molecule has 0 aromatic heterocycles. The largest absolute Gasteiger partial charge is 0.489 e. The standard InChI is InChI=1S/C31H42N4O4/c1-23(30(32)37)11-16-29(36)33-28(31(38)35-19-7-10-26(35)21-34-17-5-6-18-34)20-24-12-14-27(15-13-24)39-22-25-8-3-2-4-9-25/h2-4,8-9,12-15,23,26,28H,5-7,10-11,16-22H2,1H3,(H2,32,37)(H,33,36)/t23-,26-,28-/m0/s1. The Morgan fingerprint density at radius 3 is 2.38 bits per heavy atom. The van der Waals surface area contributed by atoms with Crippen molar-refractivity contribution in [2.24, 2.45) is 11.7 Å². The van der Waals surface area contributed by atoms with Gasteiger partial charge in [-0.3, -0.25) is 14.4 Å². The lowest BCUT2D eigenvalue weighted by Gasteiger charge is -2.32. The van der Waals surface area contributed by atoms with Crippen LogP contribution in [0.5, 0.6) is 5.75 Å². The van der Waals surface area contributed by atoms with Crippen LogP contribution in [-0.4, -0.2) is 65.8 Å². The normalized spacial score (nSPS) is 19.0. The molecule has 0 radical (unpaired) electrons. The highest BCUT2D eigenvalue weighted by molar-refractivity contribution is 5.88. The van der Waals surface area contributed by atoms with E-state index in [1.807, 2.05) is 59.5 Å². The number of nitrogens with two attached hydrogens (primary N) is 1. The van der Waals surface area contributed by atoms with Gasteiger partial charge in [-0.25, -0.2) is 0 Å². The van der Waals surface area contributed by atoms with Crippen LogP contribution in [0.3, 0.4) is 0 Å². The molecule has 2 fully saturated rings. The van der Waals surface area contributed by atoms with E-state index in [9.17, 15) is 14.4 Å². The van der Waals surface area contributed by atoms with Crippen LogP contribution in [0, 0.1) is 5.92 Å². The third-order valence-corrected chi connectivity index (χ3v) is 7.86. The van der Waals surface area contributed by atoms with Crippen molar-refractivity contribution in [3.63, 3.8) is 0 Å². The lowest BCUT2D eigenvalue weighted by Crippen LogP contribution is -2.53. The molecule has 0 bridgehead atoms. The summed E-state index contributed by atoms with van der Waals surface area (Å²) in [7, 11) is 0. The number of carbonyl (C=O) groups is 3. The highest BCUT2D eigenvalue weighted by Gasteiger charge is 2.35. The van der Waals surface area contributed by atoms with E-state index >= 15 is 0 Å². The second kappa shape index (κ2) is 14.1. The predicted molar refractivity (Wildman–Crippen MR) is 151 cm³/mol. The zero-order valence-corrected chi connectivity index (χ0v) is 23.0. The summed E-state index contributed by atoms with van der Waals surface area (Å²) in [5.74, 6) is -0.333. The molecular formula is C31H42N4O4. The van der Waals surface area contributed by atoms with Crippen molar-refractivity contribution in [3.05, 3.63) is 65.7 Å². The molecule has 0 spiro atoms. The Bertz CT molecular complexity index is 1090. The van der Waals surface area contributed by atoms with Gasteiger partial charge < -0.3 is 25.6 Å². The van der Waals surface area contributed by atoms with Gasteiger partial charge in [-0.1, -0.05) is 49.4 Å². The van der Waals surface area contributed by atoms with Crippen LogP contribution in [0.1, 0.15) is 56.6 Å². The van der Waals surface area contributed by atoms with Crippen LogP contribution in [0.2, 0.25) is 0 Å². The van der Waals surface area contributed by atoms with Crippen molar-refractivity contribution >= 4 is 17.7 Å². The molecule has 0 unspecified atom stereocenters. The van der Waals surface area contributed by atoms with E-state index in [0.717, 1.165) is 49.4 Å². The molecular weight excluding hydrogens is 492 g/mol. The van der Waals surface area contributed by atoms with E-state index < -0.39 is 17.9 Å². The maximum Gasteiger partial charge on any atom is 0.245 e. The number of likely N-dealkylation sites (tertiary alicyclic amines) is 2. The molecule has 2 aliphatic heterocycles. The van der Waals surface area contributed by atoms with Gasteiger partial charge in [-0.05, 0) is 68.5 Å². The van der Waals surface area contributed by atoms with Crippen molar-refractivity contribution in [2.45, 2.75) is 70.6 Å². The Kier molecular flexibility index (Phi) is 10.4. The van der Waals surface area contributed by atoms with Crippen LogP contribution < -0.4 is 15.8 Å². The Balaban J connectivity index is 1.41. The molecule has 210 valence electrons. The summed E-state index contributed by atoms with van der Waals surface area (Å²) in [5, 5.41) is 2.98. The highest BCUT2D eigenvalue weighted by Crippen LogP contribution is 2.23. The molecule has 8 nitrogen and oxygen atoms in total. The van der Waals surface area contributed by atoms with Gasteiger partial charge in [-0.2, -0.15) is 0 Å². The molecule has 8 heteroatoms. The molecule has 2 aromatic rings. The number of nitrogens with one attached hydrogen (secondary N) is 1. The van der Waals surface area contributed by atoms with Gasteiger partial charge in [0.05, 0.1) is 0 Å². The Morgan fingerprint density at radius 2 is 1.69 bits per heavy atom. The van der Waals surface area contributed by atoms with Crippen molar-refractivity contribution in [1.29, 1.82) is 0 Å². The van der Waals surface area contributed by atoms with Gasteiger partial charge in [0.2, 0.25) is 17.7 Å². The van der Waals surface area contributed by atoms with Crippen molar-refractivity contribution < 1.29 is 19.1 Å². The summed E-state index contributed by atoms with van der Waals surface area (Å²) in [6.07, 6.45) is 5.30. The summed E-state index contributed by atoms with van der Waals surface area (Å²) in [4.78, 5) is 42.5. The maximum absolute atomic E-state index is 13.8. The van der Waals surface area contributed by atoms with E-state index in [0.29, 0.717) is 26.0 Å². The molecule has 2 heterocycles. The first-order valence-corrected chi connectivity index (χ1v) is 14.3. The second-order valence-electron chi connectivity index (χ2n) is 10.9. The average Bonchev–Trinajstić information content (AvgIpc) is 3.63. The van der Waals surface area contributed by atoms with E-state index in [4.69, 9.17) is 10.5 Å². The van der Waals surface area contributed by atoms with E-state index in [1.54, 1.807) is 6.92 Å². The lowest BCUT2D eigenvalue weighted by atomic mass is 10.0.